The van der Waals surface area contributed by atoms with Gasteiger partial charge in [0.1, 0.15) is 12.4 Å². The third-order valence-corrected chi connectivity index (χ3v) is 3.91. The van der Waals surface area contributed by atoms with Crippen LogP contribution in [0.2, 0.25) is 0 Å². The van der Waals surface area contributed by atoms with E-state index in [0.717, 1.165) is 22.1 Å². The molecule has 0 saturated heterocycles. The van der Waals surface area contributed by atoms with Gasteiger partial charge in [-0.3, -0.25) is 4.79 Å². The molecule has 0 saturated carbocycles. The van der Waals surface area contributed by atoms with Crippen molar-refractivity contribution in [2.45, 2.75) is 6.92 Å². The summed E-state index contributed by atoms with van der Waals surface area (Å²) >= 11 is 0. The molecule has 0 fully saturated rings. The van der Waals surface area contributed by atoms with Crippen molar-refractivity contribution in [3.8, 4) is 5.75 Å². The maximum absolute atomic E-state index is 11.9. The smallest absolute Gasteiger partial charge is 0.244 e. The average Bonchev–Trinajstić information content (AvgIpc) is 2.65. The Hall–Kier alpha value is -3.07. The zero-order valence-corrected chi connectivity index (χ0v) is 14.2. The molecule has 1 amide bonds. The summed E-state index contributed by atoms with van der Waals surface area (Å²) in [7, 11) is 0. The highest BCUT2D eigenvalue weighted by atomic mass is 16.5. The van der Waals surface area contributed by atoms with Crippen LogP contribution in [0.1, 0.15) is 11.1 Å². The molecule has 126 valence electrons. The molecule has 0 aliphatic carbocycles. The number of rotatable bonds is 6. The lowest BCUT2D eigenvalue weighted by Crippen LogP contribution is -2.26. The summed E-state index contributed by atoms with van der Waals surface area (Å²) in [5.41, 5.74) is 2.21. The van der Waals surface area contributed by atoms with E-state index in [4.69, 9.17) is 4.74 Å². The van der Waals surface area contributed by atoms with Crippen LogP contribution in [0.15, 0.2) is 72.8 Å². The van der Waals surface area contributed by atoms with Crippen molar-refractivity contribution in [1.29, 1.82) is 0 Å². The molecule has 3 rings (SSSR count). The fourth-order valence-electron chi connectivity index (χ4n) is 2.57. The fraction of sp³-hybridized carbons (Fsp3) is 0.136. The topological polar surface area (TPSA) is 38.3 Å². The lowest BCUT2D eigenvalue weighted by Gasteiger charge is -2.09. The number of benzene rings is 3. The maximum atomic E-state index is 11.9. The molecular formula is C22H21NO2. The van der Waals surface area contributed by atoms with E-state index in [1.54, 1.807) is 12.2 Å². The van der Waals surface area contributed by atoms with Crippen molar-refractivity contribution in [2.75, 3.05) is 13.2 Å². The first kappa shape index (κ1) is 16.8. The highest BCUT2D eigenvalue weighted by Gasteiger charge is 2.01. The van der Waals surface area contributed by atoms with Crippen LogP contribution >= 0.6 is 0 Å². The Kier molecular flexibility index (Phi) is 5.47. The molecular weight excluding hydrogens is 310 g/mol. The monoisotopic (exact) mass is 331 g/mol. The van der Waals surface area contributed by atoms with Crippen LogP contribution in [0, 0.1) is 6.92 Å². The van der Waals surface area contributed by atoms with Crippen LogP contribution in [-0.2, 0) is 4.79 Å². The van der Waals surface area contributed by atoms with Gasteiger partial charge in [0.25, 0.3) is 0 Å². The number of carbonyl (C=O) groups is 1. The van der Waals surface area contributed by atoms with E-state index in [9.17, 15) is 4.79 Å². The first-order valence-electron chi connectivity index (χ1n) is 8.35. The predicted molar refractivity (Wildman–Crippen MR) is 103 cm³/mol. The lowest BCUT2D eigenvalue weighted by atomic mass is 10.1. The average molecular weight is 331 g/mol. The van der Waals surface area contributed by atoms with Crippen LogP contribution < -0.4 is 10.1 Å². The molecule has 0 bridgehead atoms. The van der Waals surface area contributed by atoms with Crippen LogP contribution in [0.3, 0.4) is 0 Å². The number of nitrogens with one attached hydrogen (secondary N) is 1. The summed E-state index contributed by atoms with van der Waals surface area (Å²) in [4.78, 5) is 11.9. The van der Waals surface area contributed by atoms with Crippen molar-refractivity contribution < 1.29 is 9.53 Å². The van der Waals surface area contributed by atoms with Crippen molar-refractivity contribution in [1.82, 2.24) is 5.32 Å². The third-order valence-electron chi connectivity index (χ3n) is 3.91. The molecule has 0 atom stereocenters. The van der Waals surface area contributed by atoms with Crippen LogP contribution in [0.4, 0.5) is 0 Å². The van der Waals surface area contributed by atoms with Gasteiger partial charge in [0.15, 0.2) is 0 Å². The van der Waals surface area contributed by atoms with Gasteiger partial charge in [-0.1, -0.05) is 66.2 Å². The Balaban J connectivity index is 1.48. The zero-order valence-electron chi connectivity index (χ0n) is 14.2. The highest BCUT2D eigenvalue weighted by molar-refractivity contribution is 5.91. The van der Waals surface area contributed by atoms with Gasteiger partial charge in [0.05, 0.1) is 6.54 Å². The number of hydrogen-bond acceptors (Lipinski definition) is 2. The summed E-state index contributed by atoms with van der Waals surface area (Å²) < 4.78 is 5.81. The first-order chi connectivity index (χ1) is 12.2. The second kappa shape index (κ2) is 8.15. The van der Waals surface area contributed by atoms with E-state index in [0.29, 0.717) is 13.2 Å². The van der Waals surface area contributed by atoms with Gasteiger partial charge in [-0.2, -0.15) is 0 Å². The first-order valence-corrected chi connectivity index (χ1v) is 8.35. The molecule has 0 aliphatic heterocycles. The molecule has 1 N–H and O–H groups in total. The molecule has 3 aromatic carbocycles. The molecule has 0 aliphatic rings. The standard InChI is InChI=1S/C22H21NO2/c1-17-9-11-18(12-10-17)13-14-22(24)23-15-16-25-21-8-4-6-19-5-2-3-7-20(19)21/h2-14H,15-16H2,1H3,(H,23,24)/b14-13+. The third kappa shape index (κ3) is 4.70. The van der Waals surface area contributed by atoms with Crippen LogP contribution in [-0.4, -0.2) is 19.1 Å². The van der Waals surface area contributed by atoms with E-state index in [-0.39, 0.29) is 5.91 Å². The number of ether oxygens (including phenoxy) is 1. The number of amides is 1. The van der Waals surface area contributed by atoms with Gasteiger partial charge in [-0.05, 0) is 30.0 Å². The molecule has 0 heterocycles. The molecule has 3 aromatic rings. The Morgan fingerprint density at radius 1 is 1.00 bits per heavy atom. The highest BCUT2D eigenvalue weighted by Crippen LogP contribution is 2.24. The maximum Gasteiger partial charge on any atom is 0.244 e. The Morgan fingerprint density at radius 2 is 1.76 bits per heavy atom. The second-order valence-corrected chi connectivity index (χ2v) is 5.86. The van der Waals surface area contributed by atoms with Crippen molar-refractivity contribution in [3.05, 3.63) is 83.9 Å². The molecule has 3 heteroatoms. The van der Waals surface area contributed by atoms with Gasteiger partial charge in [-0.25, -0.2) is 0 Å². The largest absolute Gasteiger partial charge is 0.491 e. The Labute approximate surface area is 147 Å². The normalized spacial score (nSPS) is 10.9. The van der Waals surface area contributed by atoms with E-state index in [1.165, 1.54) is 5.56 Å². The Bertz CT molecular complexity index is 877. The van der Waals surface area contributed by atoms with E-state index in [1.807, 2.05) is 61.5 Å². The van der Waals surface area contributed by atoms with Gasteiger partial charge in [0.2, 0.25) is 5.91 Å². The van der Waals surface area contributed by atoms with Gasteiger partial charge >= 0.3 is 0 Å². The van der Waals surface area contributed by atoms with E-state index >= 15 is 0 Å². The lowest BCUT2D eigenvalue weighted by molar-refractivity contribution is -0.116. The quantitative estimate of drug-likeness (QED) is 0.538. The minimum atomic E-state index is -0.123. The predicted octanol–water partition coefficient (Wildman–Crippen LogP) is 4.36. The SMILES string of the molecule is Cc1ccc(/C=C/C(=O)NCCOc2cccc3ccccc23)cc1. The summed E-state index contributed by atoms with van der Waals surface area (Å²) in [5, 5.41) is 5.05. The van der Waals surface area contributed by atoms with Crippen molar-refractivity contribution in [3.63, 3.8) is 0 Å². The number of carbonyl (C=O) groups excluding carboxylic acids is 1. The minimum absolute atomic E-state index is 0.123. The van der Waals surface area contributed by atoms with E-state index < -0.39 is 0 Å². The molecule has 0 aromatic heterocycles. The number of fused-ring (bicyclic) bond motifs is 1. The number of aryl methyl sites for hydroxylation is 1. The Morgan fingerprint density at radius 3 is 2.60 bits per heavy atom. The summed E-state index contributed by atoms with van der Waals surface area (Å²) in [5.74, 6) is 0.713. The summed E-state index contributed by atoms with van der Waals surface area (Å²) in [6, 6.07) is 22.1. The molecule has 0 spiro atoms. The molecule has 0 unspecified atom stereocenters. The zero-order chi connectivity index (χ0) is 17.5. The van der Waals surface area contributed by atoms with Crippen LogP contribution in [0.25, 0.3) is 16.8 Å². The number of hydrogen-bond donors (Lipinski definition) is 1. The summed E-state index contributed by atoms with van der Waals surface area (Å²) in [6.07, 6.45) is 3.35. The fourth-order valence-corrected chi connectivity index (χ4v) is 2.57. The summed E-state index contributed by atoms with van der Waals surface area (Å²) in [6.45, 7) is 2.93. The van der Waals surface area contributed by atoms with Gasteiger partial charge in [0, 0.05) is 11.5 Å². The minimum Gasteiger partial charge on any atom is -0.491 e. The van der Waals surface area contributed by atoms with E-state index in [2.05, 4.69) is 17.4 Å². The second-order valence-electron chi connectivity index (χ2n) is 5.86. The van der Waals surface area contributed by atoms with Crippen molar-refractivity contribution in [2.24, 2.45) is 0 Å². The molecule has 25 heavy (non-hydrogen) atoms. The van der Waals surface area contributed by atoms with Crippen LogP contribution in [0.5, 0.6) is 5.75 Å². The van der Waals surface area contributed by atoms with Gasteiger partial charge < -0.3 is 10.1 Å². The molecule has 3 nitrogen and oxygen atoms in total. The van der Waals surface area contributed by atoms with Gasteiger partial charge in [-0.15, -0.1) is 0 Å². The molecule has 0 radical (unpaired) electrons. The van der Waals surface area contributed by atoms with Crippen molar-refractivity contribution >= 4 is 22.8 Å².